The molecule has 0 saturated carbocycles. The summed E-state index contributed by atoms with van der Waals surface area (Å²) < 4.78 is 4.53. The maximum Gasteiger partial charge on any atom is 0.323 e. The summed E-state index contributed by atoms with van der Waals surface area (Å²) in [6.07, 6.45) is 1.67. The van der Waals surface area contributed by atoms with Crippen LogP contribution in [0.1, 0.15) is 26.7 Å². The fraction of sp³-hybridized carbons (Fsp3) is 0.778. The van der Waals surface area contributed by atoms with E-state index >= 15 is 0 Å². The third-order valence-electron chi connectivity index (χ3n) is 2.11. The van der Waals surface area contributed by atoms with Crippen LogP contribution in [0.25, 0.3) is 0 Å². The second kappa shape index (κ2) is 5.59. The SMILES string of the molecule is CCC(CC)C(C#N)C(=O)OC. The van der Waals surface area contributed by atoms with E-state index in [1.807, 2.05) is 19.9 Å². The third kappa shape index (κ3) is 2.54. The van der Waals surface area contributed by atoms with E-state index in [9.17, 15) is 4.79 Å². The predicted molar refractivity (Wildman–Crippen MR) is 45.2 cm³/mol. The van der Waals surface area contributed by atoms with Crippen LogP contribution in [-0.2, 0) is 9.53 Å². The van der Waals surface area contributed by atoms with Crippen molar-refractivity contribution >= 4 is 5.97 Å². The third-order valence-corrected chi connectivity index (χ3v) is 2.11. The smallest absolute Gasteiger partial charge is 0.323 e. The van der Waals surface area contributed by atoms with Crippen LogP contribution in [0.4, 0.5) is 0 Å². The van der Waals surface area contributed by atoms with Crippen molar-refractivity contribution in [2.45, 2.75) is 26.7 Å². The van der Waals surface area contributed by atoms with Gasteiger partial charge in [0.1, 0.15) is 5.92 Å². The number of esters is 1. The second-order valence-electron chi connectivity index (χ2n) is 2.71. The van der Waals surface area contributed by atoms with Crippen LogP contribution in [-0.4, -0.2) is 13.1 Å². The van der Waals surface area contributed by atoms with Gasteiger partial charge in [0, 0.05) is 0 Å². The molecule has 12 heavy (non-hydrogen) atoms. The lowest BCUT2D eigenvalue weighted by Crippen LogP contribution is -2.22. The number of nitriles is 1. The molecule has 0 rings (SSSR count). The summed E-state index contributed by atoms with van der Waals surface area (Å²) in [7, 11) is 1.31. The highest BCUT2D eigenvalue weighted by atomic mass is 16.5. The molecule has 1 atom stereocenters. The zero-order valence-corrected chi connectivity index (χ0v) is 7.83. The van der Waals surface area contributed by atoms with Crippen molar-refractivity contribution in [1.82, 2.24) is 0 Å². The second-order valence-corrected chi connectivity index (χ2v) is 2.71. The van der Waals surface area contributed by atoms with Gasteiger partial charge in [-0.25, -0.2) is 0 Å². The number of carbonyl (C=O) groups excluding carboxylic acids is 1. The average molecular weight is 169 g/mol. The van der Waals surface area contributed by atoms with Crippen molar-refractivity contribution in [2.75, 3.05) is 7.11 Å². The molecule has 1 unspecified atom stereocenters. The molecule has 0 aliphatic heterocycles. The van der Waals surface area contributed by atoms with Crippen LogP contribution in [0.15, 0.2) is 0 Å². The van der Waals surface area contributed by atoms with Crippen LogP contribution in [0.5, 0.6) is 0 Å². The first-order chi connectivity index (χ1) is 5.71. The van der Waals surface area contributed by atoms with Gasteiger partial charge in [-0.3, -0.25) is 4.79 Å². The van der Waals surface area contributed by atoms with Crippen molar-refractivity contribution in [1.29, 1.82) is 5.26 Å². The van der Waals surface area contributed by atoms with Gasteiger partial charge in [0.2, 0.25) is 0 Å². The van der Waals surface area contributed by atoms with Crippen molar-refractivity contribution in [3.63, 3.8) is 0 Å². The minimum atomic E-state index is -0.593. The molecular formula is C9H15NO2. The Hall–Kier alpha value is -1.04. The maximum atomic E-state index is 11.1. The van der Waals surface area contributed by atoms with E-state index in [1.165, 1.54) is 7.11 Å². The van der Waals surface area contributed by atoms with Gasteiger partial charge in [-0.05, 0) is 5.92 Å². The lowest BCUT2D eigenvalue weighted by molar-refractivity contribution is -0.145. The van der Waals surface area contributed by atoms with Crippen molar-refractivity contribution < 1.29 is 9.53 Å². The Bertz CT molecular complexity index is 179. The number of methoxy groups -OCH3 is 1. The summed E-state index contributed by atoms with van der Waals surface area (Å²) in [6.45, 7) is 3.95. The molecule has 3 heteroatoms. The number of rotatable bonds is 4. The minimum absolute atomic E-state index is 0.127. The first kappa shape index (κ1) is 11.0. The lowest BCUT2D eigenvalue weighted by atomic mass is 9.89. The molecule has 0 aliphatic rings. The Morgan fingerprint density at radius 3 is 2.25 bits per heavy atom. The standard InChI is InChI=1S/C9H15NO2/c1-4-7(5-2)8(6-10)9(11)12-3/h7-8H,4-5H2,1-3H3. The topological polar surface area (TPSA) is 50.1 Å². The lowest BCUT2D eigenvalue weighted by Gasteiger charge is -2.15. The molecular weight excluding hydrogens is 154 g/mol. The monoisotopic (exact) mass is 169 g/mol. The summed E-state index contributed by atoms with van der Waals surface area (Å²) in [6, 6.07) is 1.98. The van der Waals surface area contributed by atoms with Gasteiger partial charge in [0.05, 0.1) is 13.2 Å². The van der Waals surface area contributed by atoms with E-state index in [-0.39, 0.29) is 5.92 Å². The molecule has 3 nitrogen and oxygen atoms in total. The van der Waals surface area contributed by atoms with Crippen LogP contribution < -0.4 is 0 Å². The molecule has 0 saturated heterocycles. The molecule has 0 radical (unpaired) electrons. The fourth-order valence-corrected chi connectivity index (χ4v) is 1.24. The summed E-state index contributed by atoms with van der Waals surface area (Å²) in [4.78, 5) is 11.1. The molecule has 0 aliphatic carbocycles. The maximum absolute atomic E-state index is 11.1. The van der Waals surface area contributed by atoms with Crippen molar-refractivity contribution in [3.8, 4) is 6.07 Å². The Morgan fingerprint density at radius 1 is 1.50 bits per heavy atom. The Morgan fingerprint density at radius 2 is 2.00 bits per heavy atom. The quantitative estimate of drug-likeness (QED) is 0.602. The molecule has 0 N–H and O–H groups in total. The Kier molecular flexibility index (Phi) is 5.11. The van der Waals surface area contributed by atoms with Crippen LogP contribution in [0.2, 0.25) is 0 Å². The first-order valence-corrected chi connectivity index (χ1v) is 4.18. The average Bonchev–Trinajstić information content (AvgIpc) is 2.12. The first-order valence-electron chi connectivity index (χ1n) is 4.18. The highest BCUT2D eigenvalue weighted by molar-refractivity contribution is 5.75. The van der Waals surface area contributed by atoms with Gasteiger partial charge < -0.3 is 4.74 Å². The molecule has 0 fully saturated rings. The molecule has 0 aromatic heterocycles. The normalized spacial score (nSPS) is 12.2. The summed E-state index contributed by atoms with van der Waals surface area (Å²) in [5, 5.41) is 8.71. The fourth-order valence-electron chi connectivity index (χ4n) is 1.24. The molecule has 0 aromatic carbocycles. The molecule has 0 heterocycles. The van der Waals surface area contributed by atoms with Gasteiger partial charge in [0.25, 0.3) is 0 Å². The highest BCUT2D eigenvalue weighted by Gasteiger charge is 2.26. The van der Waals surface area contributed by atoms with Crippen molar-refractivity contribution in [2.24, 2.45) is 11.8 Å². The van der Waals surface area contributed by atoms with Gasteiger partial charge >= 0.3 is 5.97 Å². The Labute approximate surface area is 73.3 Å². The largest absolute Gasteiger partial charge is 0.468 e. The number of hydrogen-bond acceptors (Lipinski definition) is 3. The zero-order chi connectivity index (χ0) is 9.56. The number of carbonyl (C=O) groups is 1. The summed E-state index contributed by atoms with van der Waals surface area (Å²) in [5.74, 6) is -0.876. The van der Waals surface area contributed by atoms with Crippen LogP contribution >= 0.6 is 0 Å². The van der Waals surface area contributed by atoms with E-state index in [0.717, 1.165) is 12.8 Å². The molecule has 0 spiro atoms. The summed E-state index contributed by atoms with van der Waals surface area (Å²) >= 11 is 0. The Balaban J connectivity index is 4.33. The molecule has 0 amide bonds. The molecule has 0 bridgehead atoms. The van der Waals surface area contributed by atoms with Gasteiger partial charge in [-0.1, -0.05) is 26.7 Å². The number of hydrogen-bond donors (Lipinski definition) is 0. The van der Waals surface area contributed by atoms with E-state index in [4.69, 9.17) is 5.26 Å². The van der Waals surface area contributed by atoms with E-state index in [2.05, 4.69) is 4.74 Å². The number of nitrogens with zero attached hydrogens (tertiary/aromatic N) is 1. The number of ether oxygens (including phenoxy) is 1. The van der Waals surface area contributed by atoms with E-state index in [1.54, 1.807) is 0 Å². The minimum Gasteiger partial charge on any atom is -0.468 e. The zero-order valence-electron chi connectivity index (χ0n) is 7.83. The predicted octanol–water partition coefficient (Wildman–Crippen LogP) is 1.74. The molecule has 68 valence electrons. The van der Waals surface area contributed by atoms with Crippen molar-refractivity contribution in [3.05, 3.63) is 0 Å². The van der Waals surface area contributed by atoms with Crippen LogP contribution in [0.3, 0.4) is 0 Å². The van der Waals surface area contributed by atoms with E-state index in [0.29, 0.717) is 0 Å². The highest BCUT2D eigenvalue weighted by Crippen LogP contribution is 2.19. The van der Waals surface area contributed by atoms with Crippen LogP contribution in [0, 0.1) is 23.2 Å². The summed E-state index contributed by atoms with van der Waals surface area (Å²) in [5.41, 5.74) is 0. The van der Waals surface area contributed by atoms with Gasteiger partial charge in [-0.15, -0.1) is 0 Å². The molecule has 0 aromatic rings. The van der Waals surface area contributed by atoms with E-state index < -0.39 is 11.9 Å². The van der Waals surface area contributed by atoms with Gasteiger partial charge in [0.15, 0.2) is 0 Å². The van der Waals surface area contributed by atoms with Gasteiger partial charge in [-0.2, -0.15) is 5.26 Å².